The fourth-order valence-corrected chi connectivity index (χ4v) is 4.92. The number of benzene rings is 3. The Balaban J connectivity index is 1.62. The van der Waals surface area contributed by atoms with Crippen molar-refractivity contribution in [3.8, 4) is 5.75 Å². The van der Waals surface area contributed by atoms with Crippen molar-refractivity contribution in [1.82, 2.24) is 0 Å². The molecule has 3 aromatic rings. The van der Waals surface area contributed by atoms with Gasteiger partial charge in [0.05, 0.1) is 20.6 Å². The Hall–Kier alpha value is -1.83. The molecule has 1 aliphatic heterocycles. The van der Waals surface area contributed by atoms with Gasteiger partial charge in [-0.15, -0.1) is 0 Å². The number of amides is 1. The molecule has 1 heterocycles. The monoisotopic (exact) mass is 549 g/mol. The van der Waals surface area contributed by atoms with Gasteiger partial charge < -0.3 is 4.74 Å². The zero-order valence-corrected chi connectivity index (χ0v) is 20.6. The quantitative estimate of drug-likeness (QED) is 0.240. The number of carbonyl (C=O) groups is 1. The SMILES string of the molecule is O=C1/C(=C\c2cc(Br)ccc2OCc2ccccc2)SC(=S)N1c1ccc(Cl)c(Cl)c1. The first kappa shape index (κ1) is 22.4. The second-order valence-electron chi connectivity index (χ2n) is 6.57. The van der Waals surface area contributed by atoms with Gasteiger partial charge >= 0.3 is 0 Å². The third-order valence-electron chi connectivity index (χ3n) is 4.45. The van der Waals surface area contributed by atoms with Crippen LogP contribution in [0.4, 0.5) is 5.69 Å². The number of nitrogens with zero attached hydrogens (tertiary/aromatic N) is 1. The topological polar surface area (TPSA) is 29.5 Å². The maximum absolute atomic E-state index is 13.1. The van der Waals surface area contributed by atoms with Crippen LogP contribution in [0, 0.1) is 0 Å². The van der Waals surface area contributed by atoms with Crippen molar-refractivity contribution in [1.29, 1.82) is 0 Å². The van der Waals surface area contributed by atoms with Crippen molar-refractivity contribution in [2.45, 2.75) is 6.61 Å². The van der Waals surface area contributed by atoms with Crippen molar-refractivity contribution < 1.29 is 9.53 Å². The molecule has 0 atom stereocenters. The number of thiocarbonyl (C=S) groups is 1. The third kappa shape index (κ3) is 5.16. The first-order chi connectivity index (χ1) is 14.9. The van der Waals surface area contributed by atoms with E-state index in [1.54, 1.807) is 24.3 Å². The lowest BCUT2D eigenvalue weighted by molar-refractivity contribution is -0.113. The summed E-state index contributed by atoms with van der Waals surface area (Å²) >= 11 is 22.3. The fourth-order valence-electron chi connectivity index (χ4n) is 2.95. The van der Waals surface area contributed by atoms with Crippen molar-refractivity contribution >= 4 is 85.1 Å². The van der Waals surface area contributed by atoms with Crippen LogP contribution in [-0.2, 0) is 11.4 Å². The van der Waals surface area contributed by atoms with Gasteiger partial charge in [0.2, 0.25) is 0 Å². The van der Waals surface area contributed by atoms with Gasteiger partial charge in [0, 0.05) is 10.0 Å². The lowest BCUT2D eigenvalue weighted by Gasteiger charge is -2.15. The van der Waals surface area contributed by atoms with Gasteiger partial charge in [-0.1, -0.05) is 93.4 Å². The fraction of sp³-hybridized carbons (Fsp3) is 0.0435. The van der Waals surface area contributed by atoms with Crippen LogP contribution in [0.3, 0.4) is 0 Å². The van der Waals surface area contributed by atoms with Crippen LogP contribution in [-0.4, -0.2) is 10.2 Å². The summed E-state index contributed by atoms with van der Waals surface area (Å²) in [5.41, 5.74) is 2.41. The molecular formula is C23H14BrCl2NO2S2. The number of rotatable bonds is 5. The van der Waals surface area contributed by atoms with Gasteiger partial charge in [-0.05, 0) is 48.0 Å². The minimum absolute atomic E-state index is 0.220. The van der Waals surface area contributed by atoms with E-state index in [4.69, 9.17) is 40.2 Å². The normalized spacial score (nSPS) is 15.1. The molecule has 156 valence electrons. The molecule has 0 unspecified atom stereocenters. The number of hydrogen-bond donors (Lipinski definition) is 0. The average Bonchev–Trinajstić information content (AvgIpc) is 3.03. The molecule has 0 saturated carbocycles. The molecule has 0 aliphatic carbocycles. The highest BCUT2D eigenvalue weighted by Gasteiger charge is 2.33. The smallest absolute Gasteiger partial charge is 0.270 e. The molecule has 31 heavy (non-hydrogen) atoms. The average molecular weight is 551 g/mol. The van der Waals surface area contributed by atoms with Crippen molar-refractivity contribution in [3.63, 3.8) is 0 Å². The van der Waals surface area contributed by atoms with E-state index in [-0.39, 0.29) is 5.91 Å². The summed E-state index contributed by atoms with van der Waals surface area (Å²) in [4.78, 5) is 15.1. The van der Waals surface area contributed by atoms with Crippen LogP contribution >= 0.6 is 63.1 Å². The van der Waals surface area contributed by atoms with E-state index in [2.05, 4.69) is 15.9 Å². The molecule has 0 spiro atoms. The molecule has 3 nitrogen and oxygen atoms in total. The molecule has 1 saturated heterocycles. The van der Waals surface area contributed by atoms with Gasteiger partial charge in [0.15, 0.2) is 4.32 Å². The molecule has 0 aromatic heterocycles. The third-order valence-corrected chi connectivity index (χ3v) is 6.99. The maximum Gasteiger partial charge on any atom is 0.270 e. The van der Waals surface area contributed by atoms with Crippen molar-refractivity contribution in [2.75, 3.05) is 4.90 Å². The van der Waals surface area contributed by atoms with Crippen LogP contribution in [0.1, 0.15) is 11.1 Å². The standard InChI is InChI=1S/C23H14BrCl2NO2S2/c24-16-6-9-20(29-13-14-4-2-1-3-5-14)15(10-16)11-21-22(28)27(23(30)31-21)17-7-8-18(25)19(26)12-17/h1-12H,13H2/b21-11+. The predicted molar refractivity (Wildman–Crippen MR) is 137 cm³/mol. The van der Waals surface area contributed by atoms with Crippen LogP contribution < -0.4 is 9.64 Å². The summed E-state index contributed by atoms with van der Waals surface area (Å²) in [7, 11) is 0. The van der Waals surface area contributed by atoms with E-state index < -0.39 is 0 Å². The Morgan fingerprint density at radius 2 is 1.81 bits per heavy atom. The van der Waals surface area contributed by atoms with E-state index in [9.17, 15) is 4.79 Å². The first-order valence-electron chi connectivity index (χ1n) is 9.11. The van der Waals surface area contributed by atoms with Crippen molar-refractivity contribution in [2.24, 2.45) is 0 Å². The summed E-state index contributed by atoms with van der Waals surface area (Å²) in [6.07, 6.45) is 1.79. The lowest BCUT2D eigenvalue weighted by atomic mass is 10.1. The number of hydrogen-bond acceptors (Lipinski definition) is 4. The van der Waals surface area contributed by atoms with Gasteiger partial charge in [-0.3, -0.25) is 9.69 Å². The Labute approximate surface area is 208 Å². The van der Waals surface area contributed by atoms with E-state index in [1.165, 1.54) is 16.7 Å². The molecule has 4 rings (SSSR count). The van der Waals surface area contributed by atoms with E-state index in [0.29, 0.717) is 37.3 Å². The zero-order valence-electron chi connectivity index (χ0n) is 15.8. The Morgan fingerprint density at radius 3 is 2.55 bits per heavy atom. The molecule has 0 N–H and O–H groups in total. The summed E-state index contributed by atoms with van der Waals surface area (Å²) in [5, 5.41) is 0.779. The molecule has 8 heteroatoms. The van der Waals surface area contributed by atoms with Gasteiger partial charge in [0.1, 0.15) is 12.4 Å². The molecule has 1 amide bonds. The highest BCUT2D eigenvalue weighted by Crippen LogP contribution is 2.39. The molecule has 1 fully saturated rings. The highest BCUT2D eigenvalue weighted by atomic mass is 79.9. The molecule has 1 aliphatic rings. The number of ether oxygens (including phenoxy) is 1. The van der Waals surface area contributed by atoms with Crippen LogP contribution in [0.25, 0.3) is 6.08 Å². The van der Waals surface area contributed by atoms with Crippen LogP contribution in [0.2, 0.25) is 10.0 Å². The largest absolute Gasteiger partial charge is 0.488 e. The van der Waals surface area contributed by atoms with Gasteiger partial charge in [0.25, 0.3) is 5.91 Å². The van der Waals surface area contributed by atoms with Crippen LogP contribution in [0.5, 0.6) is 5.75 Å². The summed E-state index contributed by atoms with van der Waals surface area (Å²) in [6.45, 7) is 0.424. The molecule has 3 aromatic carbocycles. The Bertz CT molecular complexity index is 1200. The number of halogens is 3. The number of anilines is 1. The minimum Gasteiger partial charge on any atom is -0.488 e. The second-order valence-corrected chi connectivity index (χ2v) is 9.98. The van der Waals surface area contributed by atoms with Crippen LogP contribution in [0.15, 0.2) is 76.1 Å². The Morgan fingerprint density at radius 1 is 1.03 bits per heavy atom. The minimum atomic E-state index is -0.220. The van der Waals surface area contributed by atoms with E-state index in [1.807, 2.05) is 48.5 Å². The summed E-state index contributed by atoms with van der Waals surface area (Å²) in [6, 6.07) is 20.6. The maximum atomic E-state index is 13.1. The lowest BCUT2D eigenvalue weighted by Crippen LogP contribution is -2.27. The van der Waals surface area contributed by atoms with E-state index >= 15 is 0 Å². The zero-order chi connectivity index (χ0) is 22.0. The molecule has 0 radical (unpaired) electrons. The van der Waals surface area contributed by atoms with Crippen molar-refractivity contribution in [3.05, 3.63) is 97.3 Å². The van der Waals surface area contributed by atoms with Gasteiger partial charge in [-0.2, -0.15) is 0 Å². The van der Waals surface area contributed by atoms with Gasteiger partial charge in [-0.25, -0.2) is 0 Å². The number of carbonyl (C=O) groups excluding carboxylic acids is 1. The number of thioether (sulfide) groups is 1. The van der Waals surface area contributed by atoms with E-state index in [0.717, 1.165) is 15.6 Å². The first-order valence-corrected chi connectivity index (χ1v) is 11.9. The Kier molecular flexibility index (Phi) is 7.04. The molecular weight excluding hydrogens is 537 g/mol. The molecule has 0 bridgehead atoms. The summed E-state index contributed by atoms with van der Waals surface area (Å²) in [5.74, 6) is 0.453. The highest BCUT2D eigenvalue weighted by molar-refractivity contribution is 9.10. The predicted octanol–water partition coefficient (Wildman–Crippen LogP) is 7.74. The second kappa shape index (κ2) is 9.76. The summed E-state index contributed by atoms with van der Waals surface area (Å²) < 4.78 is 7.33.